The molecular formula is C7H7FN2O. The normalized spacial score (nSPS) is 9.64. The molecule has 1 aromatic rings. The number of aryl methyl sites for hydroxylation is 1. The van der Waals surface area contributed by atoms with Crippen molar-refractivity contribution in [2.45, 2.75) is 6.92 Å². The van der Waals surface area contributed by atoms with Crippen molar-refractivity contribution in [1.82, 2.24) is 4.98 Å². The summed E-state index contributed by atoms with van der Waals surface area (Å²) in [5.74, 6) is -0.616. The number of pyridine rings is 1. The monoisotopic (exact) mass is 154 g/mol. The topological polar surface area (TPSA) is 56.0 Å². The van der Waals surface area contributed by atoms with Crippen molar-refractivity contribution >= 4 is 12.0 Å². The molecular weight excluding hydrogens is 147 g/mol. The highest BCUT2D eigenvalue weighted by molar-refractivity contribution is 5.82. The zero-order valence-corrected chi connectivity index (χ0v) is 5.97. The third-order valence-electron chi connectivity index (χ3n) is 1.39. The Labute approximate surface area is 63.0 Å². The van der Waals surface area contributed by atoms with Gasteiger partial charge in [-0.1, -0.05) is 0 Å². The number of nitrogens with zero attached hydrogens (tertiary/aromatic N) is 1. The van der Waals surface area contributed by atoms with Gasteiger partial charge in [0.1, 0.15) is 0 Å². The maximum absolute atomic E-state index is 12.8. The van der Waals surface area contributed by atoms with Gasteiger partial charge in [0.25, 0.3) is 0 Å². The van der Waals surface area contributed by atoms with E-state index in [0.29, 0.717) is 6.29 Å². The van der Waals surface area contributed by atoms with Crippen LogP contribution >= 0.6 is 0 Å². The van der Waals surface area contributed by atoms with Crippen LogP contribution in [0.5, 0.6) is 0 Å². The molecule has 0 amide bonds. The summed E-state index contributed by atoms with van der Waals surface area (Å²) in [6.07, 6.45) is 1.73. The van der Waals surface area contributed by atoms with E-state index in [-0.39, 0.29) is 16.9 Å². The molecule has 0 atom stereocenters. The Kier molecular flexibility index (Phi) is 1.85. The Morgan fingerprint density at radius 1 is 1.73 bits per heavy atom. The summed E-state index contributed by atoms with van der Waals surface area (Å²) in [6.45, 7) is 1.49. The summed E-state index contributed by atoms with van der Waals surface area (Å²) in [4.78, 5) is 13.8. The lowest BCUT2D eigenvalue weighted by molar-refractivity contribution is 0.112. The van der Waals surface area contributed by atoms with E-state index in [1.165, 1.54) is 13.1 Å². The molecule has 0 unspecified atom stereocenters. The van der Waals surface area contributed by atoms with Gasteiger partial charge in [-0.3, -0.25) is 9.78 Å². The number of aldehydes is 1. The second-order valence-corrected chi connectivity index (χ2v) is 2.14. The molecule has 3 nitrogen and oxygen atoms in total. The second-order valence-electron chi connectivity index (χ2n) is 2.14. The summed E-state index contributed by atoms with van der Waals surface area (Å²) >= 11 is 0. The van der Waals surface area contributed by atoms with Gasteiger partial charge in [-0.2, -0.15) is 0 Å². The minimum Gasteiger partial charge on any atom is -0.396 e. The van der Waals surface area contributed by atoms with Crippen molar-refractivity contribution in [3.05, 3.63) is 23.3 Å². The first-order valence-electron chi connectivity index (χ1n) is 3.02. The zero-order valence-electron chi connectivity index (χ0n) is 5.97. The average molecular weight is 154 g/mol. The minimum atomic E-state index is -0.616. The van der Waals surface area contributed by atoms with Gasteiger partial charge < -0.3 is 5.73 Å². The Morgan fingerprint density at radius 3 is 2.91 bits per heavy atom. The van der Waals surface area contributed by atoms with Crippen LogP contribution in [0.4, 0.5) is 10.1 Å². The van der Waals surface area contributed by atoms with Crippen LogP contribution in [-0.4, -0.2) is 11.3 Å². The minimum absolute atomic E-state index is 0.0908. The zero-order chi connectivity index (χ0) is 8.43. The number of halogens is 1. The van der Waals surface area contributed by atoms with Crippen LogP contribution in [0.25, 0.3) is 0 Å². The lowest BCUT2D eigenvalue weighted by Crippen LogP contribution is -2.01. The van der Waals surface area contributed by atoms with E-state index < -0.39 is 5.82 Å². The fraction of sp³-hybridized carbons (Fsp3) is 0.143. The van der Waals surface area contributed by atoms with Gasteiger partial charge in [-0.15, -0.1) is 0 Å². The largest absolute Gasteiger partial charge is 0.396 e. The van der Waals surface area contributed by atoms with Gasteiger partial charge in [0, 0.05) is 6.20 Å². The average Bonchev–Trinajstić information content (AvgIpc) is 2.01. The van der Waals surface area contributed by atoms with Crippen molar-refractivity contribution in [2.24, 2.45) is 0 Å². The number of nitrogen functional groups attached to an aromatic ring is 1. The summed E-state index contributed by atoms with van der Waals surface area (Å²) in [5.41, 5.74) is 5.41. The quantitative estimate of drug-likeness (QED) is 0.612. The third-order valence-corrected chi connectivity index (χ3v) is 1.39. The smallest absolute Gasteiger partial charge is 0.167 e. The molecule has 1 rings (SSSR count). The van der Waals surface area contributed by atoms with Gasteiger partial charge in [0.05, 0.1) is 16.9 Å². The van der Waals surface area contributed by atoms with Crippen LogP contribution in [-0.2, 0) is 0 Å². The highest BCUT2D eigenvalue weighted by Crippen LogP contribution is 2.14. The molecule has 0 saturated heterocycles. The van der Waals surface area contributed by atoms with Gasteiger partial charge >= 0.3 is 0 Å². The first-order valence-corrected chi connectivity index (χ1v) is 3.02. The van der Waals surface area contributed by atoms with E-state index in [0.717, 1.165) is 0 Å². The van der Waals surface area contributed by atoms with E-state index in [1.54, 1.807) is 0 Å². The second kappa shape index (κ2) is 2.65. The first-order chi connectivity index (χ1) is 5.16. The molecule has 0 radical (unpaired) electrons. The molecule has 0 aliphatic heterocycles. The molecule has 4 heteroatoms. The molecule has 1 aromatic heterocycles. The number of aromatic nitrogens is 1. The molecule has 0 fully saturated rings. The van der Waals surface area contributed by atoms with Crippen LogP contribution in [0.1, 0.15) is 16.1 Å². The maximum Gasteiger partial charge on any atom is 0.167 e. The van der Waals surface area contributed by atoms with Crippen molar-refractivity contribution in [2.75, 3.05) is 5.73 Å². The number of rotatable bonds is 1. The number of carbonyl (C=O) groups is 1. The molecule has 1 heterocycles. The molecule has 0 spiro atoms. The number of carbonyl (C=O) groups excluding carboxylic acids is 1. The molecule has 0 aliphatic carbocycles. The summed E-state index contributed by atoms with van der Waals surface area (Å²) in [6, 6.07) is 0. The van der Waals surface area contributed by atoms with E-state index in [1.807, 2.05) is 0 Å². The molecule has 0 bridgehead atoms. The molecule has 2 N–H and O–H groups in total. The van der Waals surface area contributed by atoms with Crippen molar-refractivity contribution in [1.29, 1.82) is 0 Å². The van der Waals surface area contributed by atoms with Crippen molar-refractivity contribution < 1.29 is 9.18 Å². The standard InChI is InChI=1S/C7H7FN2O/c1-4-6(8)7(9)5(3-11)2-10-4/h2-3H,1H3,(H2,9,10). The molecule has 11 heavy (non-hydrogen) atoms. The summed E-state index contributed by atoms with van der Waals surface area (Å²) < 4.78 is 12.8. The van der Waals surface area contributed by atoms with Crippen LogP contribution in [0, 0.1) is 12.7 Å². The number of anilines is 1. The first kappa shape index (κ1) is 7.65. The predicted molar refractivity (Wildman–Crippen MR) is 38.7 cm³/mol. The predicted octanol–water partition coefficient (Wildman–Crippen LogP) is 0.924. The van der Waals surface area contributed by atoms with E-state index >= 15 is 0 Å². The van der Waals surface area contributed by atoms with Crippen molar-refractivity contribution in [3.63, 3.8) is 0 Å². The fourth-order valence-electron chi connectivity index (χ4n) is 0.708. The van der Waals surface area contributed by atoms with Gasteiger partial charge in [-0.25, -0.2) is 4.39 Å². The Balaban J connectivity index is 3.36. The summed E-state index contributed by atoms with van der Waals surface area (Å²) in [7, 11) is 0. The van der Waals surface area contributed by atoms with E-state index in [2.05, 4.69) is 4.98 Å². The van der Waals surface area contributed by atoms with Gasteiger partial charge in [-0.05, 0) is 6.92 Å². The van der Waals surface area contributed by atoms with Gasteiger partial charge in [0.15, 0.2) is 12.1 Å². The lowest BCUT2D eigenvalue weighted by atomic mass is 10.2. The lowest BCUT2D eigenvalue weighted by Gasteiger charge is -2.00. The van der Waals surface area contributed by atoms with Crippen LogP contribution < -0.4 is 5.73 Å². The highest BCUT2D eigenvalue weighted by Gasteiger charge is 2.07. The Morgan fingerprint density at radius 2 is 2.36 bits per heavy atom. The number of nitrogens with two attached hydrogens (primary N) is 1. The molecule has 0 aliphatic rings. The Hall–Kier alpha value is -1.45. The maximum atomic E-state index is 12.8. The van der Waals surface area contributed by atoms with E-state index in [4.69, 9.17) is 5.73 Å². The molecule has 58 valence electrons. The summed E-state index contributed by atoms with van der Waals surface area (Å²) in [5, 5.41) is 0. The van der Waals surface area contributed by atoms with Crippen LogP contribution in [0.2, 0.25) is 0 Å². The van der Waals surface area contributed by atoms with E-state index in [9.17, 15) is 9.18 Å². The number of hydrogen-bond acceptors (Lipinski definition) is 3. The van der Waals surface area contributed by atoms with Crippen molar-refractivity contribution in [3.8, 4) is 0 Å². The van der Waals surface area contributed by atoms with Gasteiger partial charge in [0.2, 0.25) is 0 Å². The van der Waals surface area contributed by atoms with Crippen LogP contribution in [0.15, 0.2) is 6.20 Å². The number of hydrogen-bond donors (Lipinski definition) is 1. The third kappa shape index (κ3) is 1.19. The van der Waals surface area contributed by atoms with Crippen LogP contribution in [0.3, 0.4) is 0 Å². The fourth-order valence-corrected chi connectivity index (χ4v) is 0.708. The molecule has 0 saturated carbocycles. The SMILES string of the molecule is Cc1ncc(C=O)c(N)c1F. The molecule has 0 aromatic carbocycles. The Bertz CT molecular complexity index is 299. The highest BCUT2D eigenvalue weighted by atomic mass is 19.1.